The number of hydrogen-bond acceptors (Lipinski definition) is 3. The molecule has 6 heteroatoms. The monoisotopic (exact) mass is 451 g/mol. The van der Waals surface area contributed by atoms with E-state index >= 15 is 0 Å². The van der Waals surface area contributed by atoms with Gasteiger partial charge in [-0.05, 0) is 58.3 Å². The zero-order valence-corrected chi connectivity index (χ0v) is 16.5. The summed E-state index contributed by atoms with van der Waals surface area (Å²) < 4.78 is 12.4. The number of hydrogen-bond donors (Lipinski definition) is 1. The van der Waals surface area contributed by atoms with Gasteiger partial charge in [-0.25, -0.2) is 0 Å². The molecule has 0 bridgehead atoms. The molecule has 0 unspecified atom stereocenters. The molecule has 0 aliphatic carbocycles. The Kier molecular flexibility index (Phi) is 4.69. The SMILES string of the molecule is COc1cc(C=C2C(=O)Nc3c(Br)cc(Br)c(C)c32)cc(OC)c1. The fourth-order valence-corrected chi connectivity index (χ4v) is 3.95. The number of halogens is 2. The average Bonchev–Trinajstić information content (AvgIpc) is 2.89. The maximum absolute atomic E-state index is 12.5. The highest BCUT2D eigenvalue weighted by Gasteiger charge is 2.29. The number of nitrogens with one attached hydrogen (secondary N) is 1. The highest BCUT2D eigenvalue weighted by atomic mass is 79.9. The molecule has 4 nitrogen and oxygen atoms in total. The van der Waals surface area contributed by atoms with Gasteiger partial charge < -0.3 is 14.8 Å². The molecule has 0 fully saturated rings. The van der Waals surface area contributed by atoms with Crippen molar-refractivity contribution in [2.75, 3.05) is 19.5 Å². The summed E-state index contributed by atoms with van der Waals surface area (Å²) >= 11 is 7.05. The van der Waals surface area contributed by atoms with Crippen LogP contribution < -0.4 is 14.8 Å². The number of benzene rings is 2. The second-order valence-corrected chi connectivity index (χ2v) is 7.08. The predicted octanol–water partition coefficient (Wildman–Crippen LogP) is 5.03. The van der Waals surface area contributed by atoms with Gasteiger partial charge >= 0.3 is 0 Å². The maximum atomic E-state index is 12.5. The van der Waals surface area contributed by atoms with Gasteiger partial charge in [0.2, 0.25) is 0 Å². The lowest BCUT2D eigenvalue weighted by atomic mass is 9.99. The minimum atomic E-state index is -0.131. The fourth-order valence-electron chi connectivity index (χ4n) is 2.69. The van der Waals surface area contributed by atoms with Crippen molar-refractivity contribution in [1.82, 2.24) is 0 Å². The third-order valence-corrected chi connectivity index (χ3v) is 5.36. The summed E-state index contributed by atoms with van der Waals surface area (Å²) in [6, 6.07) is 7.46. The van der Waals surface area contributed by atoms with E-state index in [0.29, 0.717) is 17.1 Å². The lowest BCUT2D eigenvalue weighted by Gasteiger charge is -2.09. The largest absolute Gasteiger partial charge is 0.497 e. The minimum absolute atomic E-state index is 0.131. The van der Waals surface area contributed by atoms with Crippen molar-refractivity contribution in [3.05, 3.63) is 49.9 Å². The smallest absolute Gasteiger partial charge is 0.256 e. The van der Waals surface area contributed by atoms with Gasteiger partial charge in [0.25, 0.3) is 5.91 Å². The van der Waals surface area contributed by atoms with E-state index in [4.69, 9.17) is 9.47 Å². The molecule has 0 saturated heterocycles. The van der Waals surface area contributed by atoms with E-state index in [9.17, 15) is 4.79 Å². The van der Waals surface area contributed by atoms with Crippen LogP contribution in [0.15, 0.2) is 33.2 Å². The van der Waals surface area contributed by atoms with Crippen LogP contribution in [-0.4, -0.2) is 20.1 Å². The molecule has 1 N–H and O–H groups in total. The van der Waals surface area contributed by atoms with Crippen molar-refractivity contribution < 1.29 is 14.3 Å². The van der Waals surface area contributed by atoms with Crippen LogP contribution in [0, 0.1) is 6.92 Å². The molecular formula is C18H15Br2NO3. The Morgan fingerprint density at radius 1 is 1.00 bits per heavy atom. The van der Waals surface area contributed by atoms with Crippen molar-refractivity contribution in [2.24, 2.45) is 0 Å². The second kappa shape index (κ2) is 6.61. The number of fused-ring (bicyclic) bond motifs is 1. The maximum Gasteiger partial charge on any atom is 0.256 e. The Labute approximate surface area is 157 Å². The van der Waals surface area contributed by atoms with E-state index < -0.39 is 0 Å². The van der Waals surface area contributed by atoms with Gasteiger partial charge in [-0.15, -0.1) is 0 Å². The van der Waals surface area contributed by atoms with E-state index in [2.05, 4.69) is 37.2 Å². The average molecular weight is 453 g/mol. The Morgan fingerprint density at radius 3 is 2.21 bits per heavy atom. The second-order valence-electron chi connectivity index (χ2n) is 5.37. The molecule has 124 valence electrons. The summed E-state index contributed by atoms with van der Waals surface area (Å²) in [4.78, 5) is 12.5. The van der Waals surface area contributed by atoms with Crippen LogP contribution in [0.4, 0.5) is 5.69 Å². The Hall–Kier alpha value is -1.79. The van der Waals surface area contributed by atoms with E-state index in [0.717, 1.165) is 31.3 Å². The number of methoxy groups -OCH3 is 2. The zero-order chi connectivity index (χ0) is 17.4. The highest BCUT2D eigenvalue weighted by molar-refractivity contribution is 9.11. The molecule has 1 heterocycles. The first kappa shape index (κ1) is 17.0. The molecule has 1 aliphatic rings. The summed E-state index contributed by atoms with van der Waals surface area (Å²) in [5, 5.41) is 2.92. The van der Waals surface area contributed by atoms with Gasteiger partial charge in [0.15, 0.2) is 0 Å². The molecule has 3 rings (SSSR count). The molecule has 0 spiro atoms. The lowest BCUT2D eigenvalue weighted by Crippen LogP contribution is -2.03. The summed E-state index contributed by atoms with van der Waals surface area (Å²) in [5.41, 5.74) is 4.14. The Morgan fingerprint density at radius 2 is 1.62 bits per heavy atom. The predicted molar refractivity (Wildman–Crippen MR) is 103 cm³/mol. The van der Waals surface area contributed by atoms with Crippen LogP contribution in [0.3, 0.4) is 0 Å². The van der Waals surface area contributed by atoms with E-state index in [1.54, 1.807) is 20.3 Å². The van der Waals surface area contributed by atoms with Crippen LogP contribution >= 0.6 is 31.9 Å². The van der Waals surface area contributed by atoms with E-state index in [-0.39, 0.29) is 5.91 Å². The fraction of sp³-hybridized carbons (Fsp3) is 0.167. The molecule has 1 aliphatic heterocycles. The highest BCUT2D eigenvalue weighted by Crippen LogP contribution is 2.43. The summed E-state index contributed by atoms with van der Waals surface area (Å²) in [7, 11) is 3.20. The van der Waals surface area contributed by atoms with Crippen molar-refractivity contribution in [3.63, 3.8) is 0 Å². The number of amides is 1. The van der Waals surface area contributed by atoms with Crippen molar-refractivity contribution in [1.29, 1.82) is 0 Å². The van der Waals surface area contributed by atoms with Gasteiger partial charge in [-0.2, -0.15) is 0 Å². The summed E-state index contributed by atoms with van der Waals surface area (Å²) in [6.45, 7) is 1.98. The number of anilines is 1. The molecular weight excluding hydrogens is 438 g/mol. The van der Waals surface area contributed by atoms with E-state index in [1.165, 1.54) is 0 Å². The summed E-state index contributed by atoms with van der Waals surface area (Å²) in [5.74, 6) is 1.22. The van der Waals surface area contributed by atoms with Gasteiger partial charge in [0.05, 0.1) is 19.9 Å². The van der Waals surface area contributed by atoms with Crippen LogP contribution in [-0.2, 0) is 4.79 Å². The van der Waals surface area contributed by atoms with Crippen molar-refractivity contribution in [3.8, 4) is 11.5 Å². The van der Waals surface area contributed by atoms with Crippen LogP contribution in [0.5, 0.6) is 11.5 Å². The van der Waals surface area contributed by atoms with Crippen molar-refractivity contribution >= 4 is 55.1 Å². The van der Waals surface area contributed by atoms with Crippen LogP contribution in [0.25, 0.3) is 11.6 Å². The topological polar surface area (TPSA) is 47.6 Å². The quantitative estimate of drug-likeness (QED) is 0.664. The first-order valence-corrected chi connectivity index (χ1v) is 8.78. The molecule has 1 amide bonds. The summed E-state index contributed by atoms with van der Waals surface area (Å²) in [6.07, 6.45) is 1.85. The standard InChI is InChI=1S/C18H15Br2NO3/c1-9-14(19)8-15(20)17-16(9)13(18(22)21-17)6-10-4-11(23-2)7-12(5-10)24-3/h4-8H,1-3H3,(H,21,22). The zero-order valence-electron chi connectivity index (χ0n) is 13.4. The van der Waals surface area contributed by atoms with Crippen LogP contribution in [0.1, 0.15) is 16.7 Å². The Bertz CT molecular complexity index is 853. The molecule has 2 aromatic rings. The first-order chi connectivity index (χ1) is 11.4. The van der Waals surface area contributed by atoms with Crippen LogP contribution in [0.2, 0.25) is 0 Å². The number of ether oxygens (including phenoxy) is 2. The molecule has 0 radical (unpaired) electrons. The molecule has 0 saturated carbocycles. The van der Waals surface area contributed by atoms with Gasteiger partial charge in [0, 0.05) is 26.1 Å². The number of carbonyl (C=O) groups excluding carboxylic acids is 1. The third-order valence-electron chi connectivity index (χ3n) is 3.91. The Balaban J connectivity index is 2.19. The molecule has 0 atom stereocenters. The molecule has 2 aromatic carbocycles. The number of rotatable bonds is 3. The molecule has 24 heavy (non-hydrogen) atoms. The van der Waals surface area contributed by atoms with Crippen molar-refractivity contribution in [2.45, 2.75) is 6.92 Å². The van der Waals surface area contributed by atoms with Gasteiger partial charge in [-0.1, -0.05) is 15.9 Å². The lowest BCUT2D eigenvalue weighted by molar-refractivity contribution is -0.110. The van der Waals surface area contributed by atoms with Gasteiger partial charge in [-0.3, -0.25) is 4.79 Å². The van der Waals surface area contributed by atoms with E-state index in [1.807, 2.05) is 31.2 Å². The minimum Gasteiger partial charge on any atom is -0.497 e. The number of carbonyl (C=O) groups is 1. The third kappa shape index (κ3) is 2.96. The van der Waals surface area contributed by atoms with Gasteiger partial charge in [0.1, 0.15) is 11.5 Å². The normalized spacial score (nSPS) is 14.5. The first-order valence-electron chi connectivity index (χ1n) is 7.19. The molecule has 0 aromatic heterocycles.